The molecule has 3 aliphatic rings. The quantitative estimate of drug-likeness (QED) is 0.610. The summed E-state index contributed by atoms with van der Waals surface area (Å²) in [4.78, 5) is 0. The molecule has 3 saturated carbocycles. The van der Waals surface area contributed by atoms with Crippen LogP contribution in [0.2, 0.25) is 0 Å². The molecule has 0 aromatic heterocycles. The molecule has 3 rings (SSSR count). The average molecular weight is 206 g/mol. The molecule has 0 saturated heterocycles. The van der Waals surface area contributed by atoms with Crippen molar-refractivity contribution >= 4 is 0 Å². The monoisotopic (exact) mass is 206 g/mol. The summed E-state index contributed by atoms with van der Waals surface area (Å²) in [7, 11) is 0. The summed E-state index contributed by atoms with van der Waals surface area (Å²) in [6, 6.07) is 0. The van der Waals surface area contributed by atoms with E-state index < -0.39 is 0 Å². The molecule has 0 nitrogen and oxygen atoms in total. The first-order chi connectivity index (χ1) is 7.43. The van der Waals surface area contributed by atoms with Gasteiger partial charge in [-0.2, -0.15) is 0 Å². The van der Waals surface area contributed by atoms with Crippen LogP contribution in [0.1, 0.15) is 70.6 Å². The molecule has 3 unspecified atom stereocenters. The van der Waals surface area contributed by atoms with Gasteiger partial charge in [0.1, 0.15) is 0 Å². The summed E-state index contributed by atoms with van der Waals surface area (Å²) in [5.74, 6) is 4.61. The van der Waals surface area contributed by atoms with E-state index in [1.165, 1.54) is 25.2 Å². The van der Waals surface area contributed by atoms with Crippen molar-refractivity contribution in [3.8, 4) is 0 Å². The largest absolute Gasteiger partial charge is 0.0530 e. The molecule has 0 aromatic carbocycles. The summed E-state index contributed by atoms with van der Waals surface area (Å²) >= 11 is 0. The summed E-state index contributed by atoms with van der Waals surface area (Å²) in [6.07, 6.45) is 17.2. The molecule has 0 aromatic rings. The molecule has 0 radical (unpaired) electrons. The Bertz CT molecular complexity index is 202. The Morgan fingerprint density at radius 3 is 2.27 bits per heavy atom. The molecule has 0 amide bonds. The van der Waals surface area contributed by atoms with Crippen LogP contribution in [0.5, 0.6) is 0 Å². The van der Waals surface area contributed by atoms with E-state index in [2.05, 4.69) is 0 Å². The standard InChI is InChI=1S/C15H26/c1-2-6-12(5-1)11-14-10-9-13-7-3-4-8-15(13)14/h12-15H,1-11H2. The first kappa shape index (κ1) is 10.2. The highest BCUT2D eigenvalue weighted by Gasteiger charge is 2.38. The van der Waals surface area contributed by atoms with Gasteiger partial charge in [-0.05, 0) is 49.4 Å². The van der Waals surface area contributed by atoms with Crippen LogP contribution < -0.4 is 0 Å². The van der Waals surface area contributed by atoms with E-state index >= 15 is 0 Å². The van der Waals surface area contributed by atoms with E-state index in [-0.39, 0.29) is 0 Å². The van der Waals surface area contributed by atoms with Crippen LogP contribution in [0.25, 0.3) is 0 Å². The minimum Gasteiger partial charge on any atom is -0.0530 e. The van der Waals surface area contributed by atoms with Gasteiger partial charge in [0.05, 0.1) is 0 Å². The Morgan fingerprint density at radius 2 is 1.40 bits per heavy atom. The van der Waals surface area contributed by atoms with Gasteiger partial charge in [0.15, 0.2) is 0 Å². The lowest BCUT2D eigenvalue weighted by molar-refractivity contribution is 0.204. The van der Waals surface area contributed by atoms with Crippen molar-refractivity contribution in [2.24, 2.45) is 23.7 Å². The summed E-state index contributed by atoms with van der Waals surface area (Å²) in [6.45, 7) is 0. The van der Waals surface area contributed by atoms with Crippen LogP contribution in [0.15, 0.2) is 0 Å². The highest BCUT2D eigenvalue weighted by Crippen LogP contribution is 2.49. The van der Waals surface area contributed by atoms with Gasteiger partial charge >= 0.3 is 0 Å². The fourth-order valence-electron chi connectivity index (χ4n) is 4.82. The predicted octanol–water partition coefficient (Wildman–Crippen LogP) is 4.78. The lowest BCUT2D eigenvalue weighted by Gasteiger charge is -2.30. The van der Waals surface area contributed by atoms with Crippen molar-refractivity contribution in [1.29, 1.82) is 0 Å². The van der Waals surface area contributed by atoms with E-state index in [4.69, 9.17) is 0 Å². The second kappa shape index (κ2) is 4.47. The van der Waals surface area contributed by atoms with E-state index in [1.54, 1.807) is 51.4 Å². The molecule has 0 heterocycles. The van der Waals surface area contributed by atoms with Gasteiger partial charge in [-0.15, -0.1) is 0 Å². The maximum Gasteiger partial charge on any atom is -0.0357 e. The van der Waals surface area contributed by atoms with Crippen LogP contribution in [-0.2, 0) is 0 Å². The summed E-state index contributed by atoms with van der Waals surface area (Å²) < 4.78 is 0. The maximum atomic E-state index is 1.61. The van der Waals surface area contributed by atoms with Crippen LogP contribution in [0.4, 0.5) is 0 Å². The lowest BCUT2D eigenvalue weighted by atomic mass is 9.75. The fraction of sp³-hybridized carbons (Fsp3) is 1.00. The highest BCUT2D eigenvalue weighted by molar-refractivity contribution is 4.89. The van der Waals surface area contributed by atoms with E-state index in [0.29, 0.717) is 0 Å². The molecule has 15 heavy (non-hydrogen) atoms. The van der Waals surface area contributed by atoms with Crippen molar-refractivity contribution in [1.82, 2.24) is 0 Å². The zero-order valence-electron chi connectivity index (χ0n) is 10.1. The number of hydrogen-bond acceptors (Lipinski definition) is 0. The van der Waals surface area contributed by atoms with E-state index in [0.717, 1.165) is 17.8 Å². The Hall–Kier alpha value is 0. The fourth-order valence-corrected chi connectivity index (χ4v) is 4.82. The number of fused-ring (bicyclic) bond motifs is 1. The second-order valence-electron chi connectivity index (χ2n) is 6.43. The van der Waals surface area contributed by atoms with E-state index in [9.17, 15) is 0 Å². The molecule has 3 atom stereocenters. The third-order valence-electron chi connectivity index (χ3n) is 5.59. The maximum absolute atomic E-state index is 1.61. The Morgan fingerprint density at radius 1 is 0.667 bits per heavy atom. The topological polar surface area (TPSA) is 0 Å². The third kappa shape index (κ3) is 2.10. The average Bonchev–Trinajstić information content (AvgIpc) is 2.89. The number of hydrogen-bond donors (Lipinski definition) is 0. The third-order valence-corrected chi connectivity index (χ3v) is 5.59. The lowest BCUT2D eigenvalue weighted by Crippen LogP contribution is -2.20. The van der Waals surface area contributed by atoms with Crippen molar-refractivity contribution in [3.05, 3.63) is 0 Å². The van der Waals surface area contributed by atoms with Gasteiger partial charge in [0, 0.05) is 0 Å². The first-order valence-corrected chi connectivity index (χ1v) is 7.43. The van der Waals surface area contributed by atoms with Crippen molar-refractivity contribution in [2.45, 2.75) is 70.6 Å². The summed E-state index contributed by atoms with van der Waals surface area (Å²) in [5, 5.41) is 0. The minimum atomic E-state index is 1.13. The molecule has 86 valence electrons. The Balaban J connectivity index is 1.56. The van der Waals surface area contributed by atoms with E-state index in [1.807, 2.05) is 0 Å². The van der Waals surface area contributed by atoms with Gasteiger partial charge in [0.25, 0.3) is 0 Å². The molecule has 0 spiro atoms. The Kier molecular flexibility index (Phi) is 3.03. The normalized spacial score (nSPS) is 42.0. The van der Waals surface area contributed by atoms with Crippen LogP contribution in [-0.4, -0.2) is 0 Å². The van der Waals surface area contributed by atoms with Crippen LogP contribution >= 0.6 is 0 Å². The molecular formula is C15H26. The minimum absolute atomic E-state index is 1.13. The predicted molar refractivity (Wildman–Crippen MR) is 64.7 cm³/mol. The van der Waals surface area contributed by atoms with Gasteiger partial charge in [-0.1, -0.05) is 44.9 Å². The molecule has 0 bridgehead atoms. The van der Waals surface area contributed by atoms with Gasteiger partial charge < -0.3 is 0 Å². The molecule has 0 heteroatoms. The van der Waals surface area contributed by atoms with Gasteiger partial charge in [0.2, 0.25) is 0 Å². The first-order valence-electron chi connectivity index (χ1n) is 7.43. The molecule has 3 fully saturated rings. The zero-order valence-corrected chi connectivity index (χ0v) is 10.1. The van der Waals surface area contributed by atoms with Crippen molar-refractivity contribution in [3.63, 3.8) is 0 Å². The van der Waals surface area contributed by atoms with Gasteiger partial charge in [-0.3, -0.25) is 0 Å². The summed E-state index contributed by atoms with van der Waals surface area (Å²) in [5.41, 5.74) is 0. The second-order valence-corrected chi connectivity index (χ2v) is 6.43. The number of rotatable bonds is 2. The van der Waals surface area contributed by atoms with Crippen molar-refractivity contribution < 1.29 is 0 Å². The van der Waals surface area contributed by atoms with Gasteiger partial charge in [-0.25, -0.2) is 0 Å². The molecule has 0 aliphatic heterocycles. The Labute approximate surface area is 94.8 Å². The SMILES string of the molecule is C1CCC(CC2CCC3CCCCC32)C1. The molecule has 0 N–H and O–H groups in total. The van der Waals surface area contributed by atoms with Crippen LogP contribution in [0.3, 0.4) is 0 Å². The smallest absolute Gasteiger partial charge is 0.0357 e. The van der Waals surface area contributed by atoms with Crippen LogP contribution in [0, 0.1) is 23.7 Å². The highest BCUT2D eigenvalue weighted by atomic mass is 14.4. The molecular weight excluding hydrogens is 180 g/mol. The van der Waals surface area contributed by atoms with Crippen molar-refractivity contribution in [2.75, 3.05) is 0 Å². The molecule has 3 aliphatic carbocycles. The zero-order chi connectivity index (χ0) is 10.1.